The van der Waals surface area contributed by atoms with E-state index < -0.39 is 5.60 Å². The van der Waals surface area contributed by atoms with E-state index in [1.165, 1.54) is 0 Å². The lowest BCUT2D eigenvalue weighted by molar-refractivity contribution is -0.0250. The van der Waals surface area contributed by atoms with Crippen LogP contribution in [-0.4, -0.2) is 31.2 Å². The minimum atomic E-state index is -0.702. The van der Waals surface area contributed by atoms with Crippen LogP contribution < -0.4 is 4.74 Å². The molecule has 0 fully saturated rings. The summed E-state index contributed by atoms with van der Waals surface area (Å²) in [7, 11) is 1.64. The van der Waals surface area contributed by atoms with E-state index in [0.717, 1.165) is 17.7 Å². The molecular formula is C19H31NO3. The average Bonchev–Trinajstić information content (AvgIpc) is 2.46. The molecule has 0 aliphatic heterocycles. The molecule has 0 bridgehead atoms. The highest BCUT2D eigenvalue weighted by molar-refractivity contribution is 5.68. The van der Waals surface area contributed by atoms with E-state index in [9.17, 15) is 4.79 Å². The zero-order valence-corrected chi connectivity index (χ0v) is 15.6. The van der Waals surface area contributed by atoms with Crippen molar-refractivity contribution in [1.29, 1.82) is 0 Å². The Balaban J connectivity index is 3.18. The first-order valence-corrected chi connectivity index (χ1v) is 8.27. The van der Waals surface area contributed by atoms with Gasteiger partial charge in [-0.05, 0) is 50.3 Å². The highest BCUT2D eigenvalue weighted by atomic mass is 16.6. The Morgan fingerprint density at radius 1 is 1.13 bits per heavy atom. The van der Waals surface area contributed by atoms with E-state index in [-0.39, 0.29) is 11.5 Å². The number of ether oxygens (including phenoxy) is 2. The van der Waals surface area contributed by atoms with Crippen molar-refractivity contribution in [2.75, 3.05) is 20.2 Å². The second-order valence-electron chi connectivity index (χ2n) is 7.24. The Morgan fingerprint density at radius 3 is 2.22 bits per heavy atom. The van der Waals surface area contributed by atoms with Crippen LogP contribution in [0.15, 0.2) is 24.3 Å². The molecule has 1 aromatic rings. The predicted molar refractivity (Wildman–Crippen MR) is 93.8 cm³/mol. The number of amides is 1. The molecule has 23 heavy (non-hydrogen) atoms. The van der Waals surface area contributed by atoms with Gasteiger partial charge in [-0.3, -0.25) is 0 Å². The summed E-state index contributed by atoms with van der Waals surface area (Å²) in [5.74, 6) is 0.765. The molecule has 0 N–H and O–H groups in total. The van der Waals surface area contributed by atoms with Gasteiger partial charge in [-0.25, -0.2) is 4.79 Å². The molecule has 1 aromatic carbocycles. The molecular weight excluding hydrogens is 290 g/mol. The van der Waals surface area contributed by atoms with Gasteiger partial charge in [0.05, 0.1) is 7.11 Å². The fourth-order valence-electron chi connectivity index (χ4n) is 2.90. The molecule has 0 aliphatic rings. The molecule has 1 atom stereocenters. The zero-order chi connectivity index (χ0) is 17.7. The fourth-order valence-corrected chi connectivity index (χ4v) is 2.90. The van der Waals surface area contributed by atoms with Crippen molar-refractivity contribution in [1.82, 2.24) is 4.90 Å². The maximum Gasteiger partial charge on any atom is 0.410 e. The van der Waals surface area contributed by atoms with Gasteiger partial charge in [0.15, 0.2) is 0 Å². The third kappa shape index (κ3) is 5.45. The van der Waals surface area contributed by atoms with Gasteiger partial charge in [-0.15, -0.1) is 0 Å². The number of benzene rings is 1. The fraction of sp³-hybridized carbons (Fsp3) is 0.632. The summed E-state index contributed by atoms with van der Waals surface area (Å²) in [6.07, 6.45) is 0.449. The number of carbonyl (C=O) groups excluding carboxylic acids is 1. The van der Waals surface area contributed by atoms with E-state index in [0.29, 0.717) is 13.1 Å². The highest BCUT2D eigenvalue weighted by Crippen LogP contribution is 2.39. The van der Waals surface area contributed by atoms with Crippen LogP contribution in [0, 0.1) is 5.41 Å². The van der Waals surface area contributed by atoms with Gasteiger partial charge < -0.3 is 14.4 Å². The van der Waals surface area contributed by atoms with Crippen molar-refractivity contribution < 1.29 is 14.3 Å². The lowest BCUT2D eigenvalue weighted by Crippen LogP contribution is -2.40. The molecule has 130 valence electrons. The molecule has 0 aliphatic carbocycles. The maximum absolute atomic E-state index is 12.5. The summed E-state index contributed by atoms with van der Waals surface area (Å²) in [6.45, 7) is 13.6. The third-order valence-corrected chi connectivity index (χ3v) is 3.88. The Morgan fingerprint density at radius 2 is 1.74 bits per heavy atom. The minimum absolute atomic E-state index is 0.0152. The topological polar surface area (TPSA) is 38.8 Å². The van der Waals surface area contributed by atoms with Crippen molar-refractivity contribution in [2.45, 2.75) is 53.6 Å². The number of rotatable bonds is 6. The van der Waals surface area contributed by atoms with Crippen molar-refractivity contribution in [3.05, 3.63) is 29.8 Å². The Labute approximate surface area is 140 Å². The quantitative estimate of drug-likeness (QED) is 0.753. The predicted octanol–water partition coefficient (Wildman–Crippen LogP) is 4.83. The van der Waals surface area contributed by atoms with Crippen LogP contribution >= 0.6 is 0 Å². The largest absolute Gasteiger partial charge is 0.497 e. The minimum Gasteiger partial charge on any atom is -0.497 e. The van der Waals surface area contributed by atoms with Gasteiger partial charge in [-0.2, -0.15) is 0 Å². The molecule has 0 radical (unpaired) electrons. The van der Waals surface area contributed by atoms with Gasteiger partial charge >= 0.3 is 6.09 Å². The Hall–Kier alpha value is -1.71. The van der Waals surface area contributed by atoms with Crippen LogP contribution in [0.5, 0.6) is 5.75 Å². The monoisotopic (exact) mass is 321 g/mol. The van der Waals surface area contributed by atoms with Crippen LogP contribution in [0.4, 0.5) is 4.79 Å². The lowest BCUT2D eigenvalue weighted by Gasteiger charge is -2.37. The molecule has 1 amide bonds. The molecule has 0 saturated carbocycles. The molecule has 0 aromatic heterocycles. The number of hydrogen-bond acceptors (Lipinski definition) is 3. The lowest BCUT2D eigenvalue weighted by atomic mass is 9.79. The summed E-state index contributed by atoms with van der Waals surface area (Å²) in [5.41, 5.74) is 0.265. The summed E-state index contributed by atoms with van der Waals surface area (Å²) in [5, 5.41) is 0. The average molecular weight is 321 g/mol. The SMILES string of the molecule is CCN(CC)C(=O)OC(C)(CC(C)(C)C)c1cccc(OC)c1. The second kappa shape index (κ2) is 7.71. The molecule has 1 rings (SSSR count). The third-order valence-electron chi connectivity index (χ3n) is 3.88. The van der Waals surface area contributed by atoms with E-state index >= 15 is 0 Å². The molecule has 1 unspecified atom stereocenters. The van der Waals surface area contributed by atoms with Crippen LogP contribution in [0.1, 0.15) is 53.5 Å². The first-order chi connectivity index (χ1) is 10.6. The van der Waals surface area contributed by atoms with Gasteiger partial charge in [0.2, 0.25) is 0 Å². The van der Waals surface area contributed by atoms with E-state index in [4.69, 9.17) is 9.47 Å². The molecule has 0 saturated heterocycles. The first-order valence-electron chi connectivity index (χ1n) is 8.27. The molecule has 4 heteroatoms. The summed E-state index contributed by atoms with van der Waals surface area (Å²) < 4.78 is 11.3. The first kappa shape index (κ1) is 19.3. The summed E-state index contributed by atoms with van der Waals surface area (Å²) >= 11 is 0. The van der Waals surface area contributed by atoms with E-state index in [1.807, 2.05) is 45.0 Å². The normalized spacial score (nSPS) is 14.0. The molecule has 4 nitrogen and oxygen atoms in total. The smallest absolute Gasteiger partial charge is 0.410 e. The van der Waals surface area contributed by atoms with Crippen molar-refractivity contribution in [3.63, 3.8) is 0 Å². The van der Waals surface area contributed by atoms with Crippen molar-refractivity contribution in [3.8, 4) is 5.75 Å². The highest BCUT2D eigenvalue weighted by Gasteiger charge is 2.36. The maximum atomic E-state index is 12.5. The van der Waals surface area contributed by atoms with Crippen LogP contribution in [0.25, 0.3) is 0 Å². The zero-order valence-electron chi connectivity index (χ0n) is 15.6. The Kier molecular flexibility index (Phi) is 6.48. The second-order valence-corrected chi connectivity index (χ2v) is 7.24. The van der Waals surface area contributed by atoms with E-state index in [1.54, 1.807) is 12.0 Å². The van der Waals surface area contributed by atoms with Gasteiger partial charge in [0.25, 0.3) is 0 Å². The summed E-state index contributed by atoms with van der Waals surface area (Å²) in [4.78, 5) is 14.2. The van der Waals surface area contributed by atoms with Gasteiger partial charge in [0, 0.05) is 13.1 Å². The van der Waals surface area contributed by atoms with Crippen LogP contribution in [0.3, 0.4) is 0 Å². The van der Waals surface area contributed by atoms with E-state index in [2.05, 4.69) is 20.8 Å². The van der Waals surface area contributed by atoms with Crippen molar-refractivity contribution >= 4 is 6.09 Å². The number of hydrogen-bond donors (Lipinski definition) is 0. The number of carbonyl (C=O) groups is 1. The van der Waals surface area contributed by atoms with Gasteiger partial charge in [0.1, 0.15) is 11.4 Å². The van der Waals surface area contributed by atoms with Crippen LogP contribution in [0.2, 0.25) is 0 Å². The van der Waals surface area contributed by atoms with Crippen molar-refractivity contribution in [2.24, 2.45) is 5.41 Å². The van der Waals surface area contributed by atoms with Crippen LogP contribution in [-0.2, 0) is 10.3 Å². The standard InChI is InChI=1S/C19H31NO3/c1-8-20(9-2)17(21)23-19(6,14-18(3,4)5)15-11-10-12-16(13-15)22-7/h10-13H,8-9,14H2,1-7H3. The summed E-state index contributed by atoms with van der Waals surface area (Å²) in [6, 6.07) is 7.76. The molecule has 0 spiro atoms. The Bertz CT molecular complexity index is 518. The number of nitrogens with zero attached hydrogens (tertiary/aromatic N) is 1. The van der Waals surface area contributed by atoms with Gasteiger partial charge in [-0.1, -0.05) is 32.9 Å². The number of methoxy groups -OCH3 is 1. The molecule has 0 heterocycles.